The maximum atomic E-state index is 11.5. The van der Waals surface area contributed by atoms with Gasteiger partial charge in [-0.05, 0) is 25.7 Å². The molecule has 0 aromatic rings. The molecule has 1 saturated heterocycles. The van der Waals surface area contributed by atoms with Crippen molar-refractivity contribution in [3.8, 4) is 0 Å². The van der Waals surface area contributed by atoms with E-state index < -0.39 is 6.04 Å². The van der Waals surface area contributed by atoms with Crippen molar-refractivity contribution < 1.29 is 9.53 Å². The molecule has 1 fully saturated rings. The van der Waals surface area contributed by atoms with Gasteiger partial charge in [-0.3, -0.25) is 4.79 Å². The normalized spacial score (nSPS) is 26.9. The van der Waals surface area contributed by atoms with Crippen molar-refractivity contribution in [1.29, 1.82) is 0 Å². The van der Waals surface area contributed by atoms with Crippen LogP contribution in [0.2, 0.25) is 0 Å². The summed E-state index contributed by atoms with van der Waals surface area (Å²) < 4.78 is 5.81. The van der Waals surface area contributed by atoms with Crippen LogP contribution in [0.15, 0.2) is 0 Å². The van der Waals surface area contributed by atoms with Gasteiger partial charge in [0, 0.05) is 12.6 Å². The van der Waals surface area contributed by atoms with Crippen LogP contribution in [0.1, 0.15) is 46.5 Å². The van der Waals surface area contributed by atoms with Crippen LogP contribution in [-0.4, -0.2) is 30.7 Å². The lowest BCUT2D eigenvalue weighted by Crippen LogP contribution is -2.48. The maximum Gasteiger partial charge on any atom is 0.236 e. The van der Waals surface area contributed by atoms with E-state index in [-0.39, 0.29) is 18.1 Å². The van der Waals surface area contributed by atoms with Gasteiger partial charge < -0.3 is 15.8 Å². The molecule has 0 saturated carbocycles. The molecule has 1 amide bonds. The first-order valence-corrected chi connectivity index (χ1v) is 6.76. The third-order valence-electron chi connectivity index (χ3n) is 3.65. The standard InChI is InChI=1S/C13H26N2O2/c1-4-10(5-2)12-8-11(6-7-17-12)15-13(16)9(3)14/h9-12H,4-8,14H2,1-3H3,(H,15,16). The summed E-state index contributed by atoms with van der Waals surface area (Å²) in [5.41, 5.74) is 5.56. The minimum absolute atomic E-state index is 0.0554. The first-order chi connectivity index (χ1) is 8.08. The minimum Gasteiger partial charge on any atom is -0.378 e. The highest BCUT2D eigenvalue weighted by molar-refractivity contribution is 5.81. The van der Waals surface area contributed by atoms with E-state index in [4.69, 9.17) is 10.5 Å². The molecule has 0 aromatic heterocycles. The second-order valence-electron chi connectivity index (χ2n) is 5.00. The molecule has 100 valence electrons. The quantitative estimate of drug-likeness (QED) is 0.766. The Morgan fingerprint density at radius 1 is 1.47 bits per heavy atom. The average molecular weight is 242 g/mol. The Morgan fingerprint density at radius 3 is 2.65 bits per heavy atom. The smallest absolute Gasteiger partial charge is 0.236 e. The lowest BCUT2D eigenvalue weighted by atomic mass is 9.89. The lowest BCUT2D eigenvalue weighted by molar-refractivity contribution is -0.124. The van der Waals surface area contributed by atoms with E-state index >= 15 is 0 Å². The van der Waals surface area contributed by atoms with E-state index in [9.17, 15) is 4.79 Å². The summed E-state index contributed by atoms with van der Waals surface area (Å²) in [5.74, 6) is 0.546. The van der Waals surface area contributed by atoms with Crippen molar-refractivity contribution in [3.63, 3.8) is 0 Å². The second kappa shape index (κ2) is 6.97. The van der Waals surface area contributed by atoms with Crippen LogP contribution in [0.4, 0.5) is 0 Å². The number of nitrogens with one attached hydrogen (secondary N) is 1. The zero-order valence-corrected chi connectivity index (χ0v) is 11.2. The molecule has 1 heterocycles. The molecular weight excluding hydrogens is 216 g/mol. The topological polar surface area (TPSA) is 64.4 Å². The summed E-state index contributed by atoms with van der Waals surface area (Å²) in [6.07, 6.45) is 4.38. The third kappa shape index (κ3) is 4.28. The van der Waals surface area contributed by atoms with Gasteiger partial charge in [0.25, 0.3) is 0 Å². The van der Waals surface area contributed by atoms with E-state index in [1.54, 1.807) is 6.92 Å². The molecule has 0 spiro atoms. The fourth-order valence-corrected chi connectivity index (χ4v) is 2.43. The molecule has 4 nitrogen and oxygen atoms in total. The summed E-state index contributed by atoms with van der Waals surface area (Å²) >= 11 is 0. The summed E-state index contributed by atoms with van der Waals surface area (Å²) in [6.45, 7) is 6.85. The Morgan fingerprint density at radius 2 is 2.12 bits per heavy atom. The molecule has 1 aliphatic rings. The van der Waals surface area contributed by atoms with Crippen LogP contribution < -0.4 is 11.1 Å². The summed E-state index contributed by atoms with van der Waals surface area (Å²) in [5, 5.41) is 3.01. The highest BCUT2D eigenvalue weighted by atomic mass is 16.5. The van der Waals surface area contributed by atoms with Gasteiger partial charge in [-0.25, -0.2) is 0 Å². The Bertz CT molecular complexity index is 240. The monoisotopic (exact) mass is 242 g/mol. The number of ether oxygens (including phenoxy) is 1. The number of carbonyl (C=O) groups is 1. The molecule has 3 N–H and O–H groups in total. The van der Waals surface area contributed by atoms with E-state index in [0.29, 0.717) is 5.92 Å². The van der Waals surface area contributed by atoms with Gasteiger partial charge in [0.15, 0.2) is 0 Å². The van der Waals surface area contributed by atoms with E-state index in [2.05, 4.69) is 19.2 Å². The molecule has 0 aromatic carbocycles. The number of carbonyl (C=O) groups excluding carboxylic acids is 1. The number of nitrogens with two attached hydrogens (primary N) is 1. The number of hydrogen-bond acceptors (Lipinski definition) is 3. The Balaban J connectivity index is 2.46. The number of hydrogen-bond donors (Lipinski definition) is 2. The lowest BCUT2D eigenvalue weighted by Gasteiger charge is -2.34. The van der Waals surface area contributed by atoms with Crippen molar-refractivity contribution in [2.45, 2.75) is 64.6 Å². The zero-order valence-electron chi connectivity index (χ0n) is 11.2. The predicted octanol–water partition coefficient (Wildman–Crippen LogP) is 1.43. The summed E-state index contributed by atoms with van der Waals surface area (Å²) in [6, 6.07) is -0.197. The fourth-order valence-electron chi connectivity index (χ4n) is 2.43. The van der Waals surface area contributed by atoms with E-state index in [1.807, 2.05) is 0 Å². The molecule has 0 bridgehead atoms. The van der Waals surface area contributed by atoms with Crippen molar-refractivity contribution in [2.75, 3.05) is 6.61 Å². The Hall–Kier alpha value is -0.610. The van der Waals surface area contributed by atoms with Crippen molar-refractivity contribution >= 4 is 5.91 Å². The fraction of sp³-hybridized carbons (Fsp3) is 0.923. The summed E-state index contributed by atoms with van der Waals surface area (Å²) in [7, 11) is 0. The van der Waals surface area contributed by atoms with Crippen molar-refractivity contribution in [1.82, 2.24) is 5.32 Å². The molecule has 3 unspecified atom stereocenters. The maximum absolute atomic E-state index is 11.5. The SMILES string of the molecule is CCC(CC)C1CC(NC(=O)C(C)N)CCO1. The summed E-state index contributed by atoms with van der Waals surface area (Å²) in [4.78, 5) is 11.5. The molecule has 17 heavy (non-hydrogen) atoms. The second-order valence-corrected chi connectivity index (χ2v) is 5.00. The van der Waals surface area contributed by atoms with E-state index in [0.717, 1.165) is 32.3 Å². The van der Waals surface area contributed by atoms with Crippen LogP contribution in [0.3, 0.4) is 0 Å². The Kier molecular flexibility index (Phi) is 5.92. The van der Waals surface area contributed by atoms with Gasteiger partial charge in [-0.1, -0.05) is 26.7 Å². The molecule has 3 atom stereocenters. The van der Waals surface area contributed by atoms with Gasteiger partial charge in [-0.15, -0.1) is 0 Å². The van der Waals surface area contributed by atoms with Crippen molar-refractivity contribution in [3.05, 3.63) is 0 Å². The van der Waals surface area contributed by atoms with Gasteiger partial charge in [0.2, 0.25) is 5.91 Å². The molecule has 4 heteroatoms. The van der Waals surface area contributed by atoms with Gasteiger partial charge >= 0.3 is 0 Å². The Labute approximate surface area is 104 Å². The highest BCUT2D eigenvalue weighted by Crippen LogP contribution is 2.25. The number of amides is 1. The van der Waals surface area contributed by atoms with Gasteiger partial charge in [0.05, 0.1) is 12.1 Å². The van der Waals surface area contributed by atoms with Gasteiger partial charge in [0.1, 0.15) is 0 Å². The number of rotatable bonds is 5. The van der Waals surface area contributed by atoms with Crippen LogP contribution in [0.25, 0.3) is 0 Å². The predicted molar refractivity (Wildman–Crippen MR) is 68.6 cm³/mol. The van der Waals surface area contributed by atoms with E-state index in [1.165, 1.54) is 0 Å². The third-order valence-corrected chi connectivity index (χ3v) is 3.65. The van der Waals surface area contributed by atoms with Crippen LogP contribution in [0.5, 0.6) is 0 Å². The molecule has 1 rings (SSSR count). The van der Waals surface area contributed by atoms with Crippen LogP contribution in [0, 0.1) is 5.92 Å². The van der Waals surface area contributed by atoms with Gasteiger partial charge in [-0.2, -0.15) is 0 Å². The first-order valence-electron chi connectivity index (χ1n) is 6.76. The van der Waals surface area contributed by atoms with Crippen LogP contribution >= 0.6 is 0 Å². The largest absolute Gasteiger partial charge is 0.378 e. The molecule has 1 aliphatic heterocycles. The van der Waals surface area contributed by atoms with Crippen molar-refractivity contribution in [2.24, 2.45) is 11.7 Å². The molecule has 0 radical (unpaired) electrons. The molecule has 0 aliphatic carbocycles. The minimum atomic E-state index is -0.426. The zero-order chi connectivity index (χ0) is 12.8. The highest BCUT2D eigenvalue weighted by Gasteiger charge is 2.28. The van der Waals surface area contributed by atoms with Crippen LogP contribution in [-0.2, 0) is 9.53 Å². The first kappa shape index (κ1) is 14.5. The average Bonchev–Trinajstić information content (AvgIpc) is 2.31. The molecular formula is C13H26N2O2.